The van der Waals surface area contributed by atoms with Gasteiger partial charge in [-0.1, -0.05) is 27.2 Å². The average Bonchev–Trinajstić information content (AvgIpc) is 2.01. The minimum Gasteiger partial charge on any atom is -0.316 e. The molecule has 1 rings (SSSR count). The summed E-state index contributed by atoms with van der Waals surface area (Å²) in [7, 11) is 0. The van der Waals surface area contributed by atoms with Gasteiger partial charge in [0.25, 0.3) is 0 Å². The molecule has 1 aliphatic carbocycles. The van der Waals surface area contributed by atoms with Crippen molar-refractivity contribution in [3.63, 3.8) is 0 Å². The molecule has 0 heterocycles. The van der Waals surface area contributed by atoms with Gasteiger partial charge in [0.1, 0.15) is 0 Å². The molecule has 1 N–H and O–H groups in total. The highest BCUT2D eigenvalue weighted by Gasteiger charge is 2.34. The van der Waals surface area contributed by atoms with Gasteiger partial charge in [0.2, 0.25) is 0 Å². The Kier molecular flexibility index (Phi) is 4.24. The summed E-state index contributed by atoms with van der Waals surface area (Å²) < 4.78 is 0. The molecule has 0 bridgehead atoms. The van der Waals surface area contributed by atoms with E-state index in [0.29, 0.717) is 5.41 Å². The summed E-state index contributed by atoms with van der Waals surface area (Å²) in [4.78, 5) is 0. The molecule has 0 amide bonds. The van der Waals surface area contributed by atoms with E-state index in [4.69, 9.17) is 0 Å². The summed E-state index contributed by atoms with van der Waals surface area (Å²) in [6.45, 7) is 9.39. The first-order valence-electron chi connectivity index (χ1n) is 5.89. The molecule has 1 heteroatoms. The SMILES string of the molecule is CCC1(CNCCC(C)C)CCC1. The number of nitrogens with one attached hydrogen (secondary N) is 1. The van der Waals surface area contributed by atoms with Crippen molar-refractivity contribution in [2.75, 3.05) is 13.1 Å². The molecule has 1 nitrogen and oxygen atoms in total. The van der Waals surface area contributed by atoms with E-state index in [1.807, 2.05) is 0 Å². The maximum absolute atomic E-state index is 3.61. The van der Waals surface area contributed by atoms with Crippen molar-refractivity contribution < 1.29 is 0 Å². The van der Waals surface area contributed by atoms with E-state index < -0.39 is 0 Å². The fraction of sp³-hybridized carbons (Fsp3) is 1.00. The molecular weight excluding hydrogens is 158 g/mol. The van der Waals surface area contributed by atoms with E-state index in [9.17, 15) is 0 Å². The third-order valence-electron chi connectivity index (χ3n) is 3.56. The molecule has 0 unspecified atom stereocenters. The second-order valence-corrected chi connectivity index (χ2v) is 5.07. The van der Waals surface area contributed by atoms with E-state index in [0.717, 1.165) is 5.92 Å². The zero-order chi connectivity index (χ0) is 9.73. The lowest BCUT2D eigenvalue weighted by Crippen LogP contribution is -2.39. The highest BCUT2D eigenvalue weighted by Crippen LogP contribution is 2.42. The van der Waals surface area contributed by atoms with Crippen LogP contribution in [0.3, 0.4) is 0 Å². The molecule has 0 aliphatic heterocycles. The van der Waals surface area contributed by atoms with Crippen LogP contribution in [0.1, 0.15) is 52.9 Å². The first-order chi connectivity index (χ1) is 6.18. The number of rotatable bonds is 6. The molecule has 0 aromatic carbocycles. The minimum absolute atomic E-state index is 0.691. The maximum atomic E-state index is 3.61. The van der Waals surface area contributed by atoms with Gasteiger partial charge in [0, 0.05) is 6.54 Å². The maximum Gasteiger partial charge on any atom is 0.000770 e. The number of hydrogen-bond donors (Lipinski definition) is 1. The van der Waals surface area contributed by atoms with Crippen molar-refractivity contribution in [1.82, 2.24) is 5.32 Å². The Balaban J connectivity index is 2.04. The molecule has 1 saturated carbocycles. The highest BCUT2D eigenvalue weighted by molar-refractivity contribution is 4.88. The molecule has 0 spiro atoms. The van der Waals surface area contributed by atoms with Crippen LogP contribution < -0.4 is 5.32 Å². The van der Waals surface area contributed by atoms with Gasteiger partial charge in [-0.2, -0.15) is 0 Å². The van der Waals surface area contributed by atoms with Crippen molar-refractivity contribution in [3.8, 4) is 0 Å². The minimum atomic E-state index is 0.691. The van der Waals surface area contributed by atoms with Gasteiger partial charge in [-0.05, 0) is 43.6 Å². The van der Waals surface area contributed by atoms with Gasteiger partial charge in [-0.3, -0.25) is 0 Å². The lowest BCUT2D eigenvalue weighted by molar-refractivity contribution is 0.124. The second-order valence-electron chi connectivity index (χ2n) is 5.07. The van der Waals surface area contributed by atoms with Gasteiger partial charge >= 0.3 is 0 Å². The summed E-state index contributed by atoms with van der Waals surface area (Å²) in [6.07, 6.45) is 7.05. The first-order valence-corrected chi connectivity index (χ1v) is 5.89. The molecule has 1 aliphatic rings. The molecule has 1 fully saturated rings. The van der Waals surface area contributed by atoms with Crippen LogP contribution in [0.5, 0.6) is 0 Å². The van der Waals surface area contributed by atoms with Crippen molar-refractivity contribution >= 4 is 0 Å². The molecule has 78 valence electrons. The predicted molar refractivity (Wildman–Crippen MR) is 58.9 cm³/mol. The lowest BCUT2D eigenvalue weighted by atomic mass is 9.67. The highest BCUT2D eigenvalue weighted by atomic mass is 14.9. The molecule has 0 atom stereocenters. The van der Waals surface area contributed by atoms with Gasteiger partial charge in [0.05, 0.1) is 0 Å². The molecule has 0 radical (unpaired) electrons. The first kappa shape index (κ1) is 11.0. The molecule has 0 aromatic heterocycles. The van der Waals surface area contributed by atoms with Crippen LogP contribution >= 0.6 is 0 Å². The zero-order valence-electron chi connectivity index (χ0n) is 9.53. The Labute approximate surface area is 83.3 Å². The van der Waals surface area contributed by atoms with Crippen LogP contribution in [-0.4, -0.2) is 13.1 Å². The Morgan fingerprint density at radius 1 is 1.31 bits per heavy atom. The van der Waals surface area contributed by atoms with E-state index in [-0.39, 0.29) is 0 Å². The predicted octanol–water partition coefficient (Wildman–Crippen LogP) is 3.20. The summed E-state index contributed by atoms with van der Waals surface area (Å²) >= 11 is 0. The van der Waals surface area contributed by atoms with Crippen LogP contribution in [0.15, 0.2) is 0 Å². The summed E-state index contributed by atoms with van der Waals surface area (Å²) in [5.74, 6) is 0.839. The smallest absolute Gasteiger partial charge is 0.000770 e. The summed E-state index contributed by atoms with van der Waals surface area (Å²) in [5, 5.41) is 3.61. The standard InChI is InChI=1S/C12H25N/c1-4-12(7-5-8-12)10-13-9-6-11(2)3/h11,13H,4-10H2,1-3H3. The quantitative estimate of drug-likeness (QED) is 0.624. The normalized spacial score (nSPS) is 20.3. The Hall–Kier alpha value is -0.0400. The topological polar surface area (TPSA) is 12.0 Å². The Morgan fingerprint density at radius 2 is 2.00 bits per heavy atom. The van der Waals surface area contributed by atoms with Crippen molar-refractivity contribution in [3.05, 3.63) is 0 Å². The van der Waals surface area contributed by atoms with E-state index >= 15 is 0 Å². The Bertz CT molecular complexity index is 131. The third-order valence-corrected chi connectivity index (χ3v) is 3.56. The van der Waals surface area contributed by atoms with Crippen molar-refractivity contribution in [2.45, 2.75) is 52.9 Å². The van der Waals surface area contributed by atoms with Gasteiger partial charge in [0.15, 0.2) is 0 Å². The van der Waals surface area contributed by atoms with Crippen molar-refractivity contribution in [2.24, 2.45) is 11.3 Å². The van der Waals surface area contributed by atoms with E-state index in [1.54, 1.807) is 0 Å². The molecule has 0 saturated heterocycles. The fourth-order valence-electron chi connectivity index (χ4n) is 2.08. The van der Waals surface area contributed by atoms with Gasteiger partial charge < -0.3 is 5.32 Å². The van der Waals surface area contributed by atoms with Gasteiger partial charge in [-0.15, -0.1) is 0 Å². The fourth-order valence-corrected chi connectivity index (χ4v) is 2.08. The Morgan fingerprint density at radius 3 is 2.38 bits per heavy atom. The second kappa shape index (κ2) is 4.99. The van der Waals surface area contributed by atoms with Crippen molar-refractivity contribution in [1.29, 1.82) is 0 Å². The lowest BCUT2D eigenvalue weighted by Gasteiger charge is -2.41. The third kappa shape index (κ3) is 3.30. The average molecular weight is 183 g/mol. The largest absolute Gasteiger partial charge is 0.316 e. The zero-order valence-corrected chi connectivity index (χ0v) is 9.53. The van der Waals surface area contributed by atoms with E-state index in [1.165, 1.54) is 45.2 Å². The summed E-state index contributed by atoms with van der Waals surface area (Å²) in [6, 6.07) is 0. The van der Waals surface area contributed by atoms with Crippen LogP contribution in [0.25, 0.3) is 0 Å². The van der Waals surface area contributed by atoms with Gasteiger partial charge in [-0.25, -0.2) is 0 Å². The monoisotopic (exact) mass is 183 g/mol. The molecule has 13 heavy (non-hydrogen) atoms. The molecular formula is C12H25N. The van der Waals surface area contributed by atoms with Crippen LogP contribution in [0, 0.1) is 11.3 Å². The summed E-state index contributed by atoms with van der Waals surface area (Å²) in [5.41, 5.74) is 0.691. The van der Waals surface area contributed by atoms with Crippen LogP contribution in [0.4, 0.5) is 0 Å². The molecule has 0 aromatic rings. The van der Waals surface area contributed by atoms with Crippen LogP contribution in [-0.2, 0) is 0 Å². The van der Waals surface area contributed by atoms with E-state index in [2.05, 4.69) is 26.1 Å². The number of hydrogen-bond acceptors (Lipinski definition) is 1. The van der Waals surface area contributed by atoms with Crippen LogP contribution in [0.2, 0.25) is 0 Å².